The molecule has 10 heteroatoms. The SMILES string of the molecule is CN(C)C(=O)CNC(=O)COC(=O)CSCC(=O)Nc1ccccc1F. The number of hydrogen-bond donors (Lipinski definition) is 2. The van der Waals surface area contributed by atoms with Crippen LogP contribution < -0.4 is 10.6 Å². The van der Waals surface area contributed by atoms with E-state index in [4.69, 9.17) is 4.74 Å². The first-order valence-corrected chi connectivity index (χ1v) is 8.69. The van der Waals surface area contributed by atoms with E-state index in [2.05, 4.69) is 10.6 Å². The third-order valence-corrected chi connectivity index (χ3v) is 3.81. The highest BCUT2D eigenvalue weighted by Crippen LogP contribution is 2.13. The molecular formula is C16H20FN3O5S. The molecule has 0 fully saturated rings. The highest BCUT2D eigenvalue weighted by atomic mass is 32.2. The number of ether oxygens (including phenoxy) is 1. The number of carbonyl (C=O) groups excluding carboxylic acids is 4. The Bertz CT molecular complexity index is 669. The second kappa shape index (κ2) is 11.1. The van der Waals surface area contributed by atoms with Crippen LogP contribution in [0.1, 0.15) is 0 Å². The molecule has 0 saturated heterocycles. The van der Waals surface area contributed by atoms with Crippen LogP contribution in [0.25, 0.3) is 0 Å². The fraction of sp³-hybridized carbons (Fsp3) is 0.375. The quantitative estimate of drug-likeness (QED) is 0.591. The Hall–Kier alpha value is -2.62. The highest BCUT2D eigenvalue weighted by molar-refractivity contribution is 8.00. The van der Waals surface area contributed by atoms with Gasteiger partial charge in [-0.3, -0.25) is 19.2 Å². The van der Waals surface area contributed by atoms with Gasteiger partial charge in [0, 0.05) is 14.1 Å². The number of esters is 1. The minimum Gasteiger partial charge on any atom is -0.455 e. The molecule has 8 nitrogen and oxygen atoms in total. The van der Waals surface area contributed by atoms with Gasteiger partial charge >= 0.3 is 5.97 Å². The Morgan fingerprint density at radius 3 is 2.46 bits per heavy atom. The largest absolute Gasteiger partial charge is 0.455 e. The van der Waals surface area contributed by atoms with Crippen LogP contribution in [0, 0.1) is 5.82 Å². The van der Waals surface area contributed by atoms with Gasteiger partial charge in [0.15, 0.2) is 6.61 Å². The Labute approximate surface area is 154 Å². The smallest absolute Gasteiger partial charge is 0.316 e. The van der Waals surface area contributed by atoms with Crippen molar-refractivity contribution in [2.75, 3.05) is 44.1 Å². The summed E-state index contributed by atoms with van der Waals surface area (Å²) in [4.78, 5) is 47.2. The van der Waals surface area contributed by atoms with Crippen molar-refractivity contribution in [2.45, 2.75) is 0 Å². The molecule has 1 aromatic rings. The lowest BCUT2D eigenvalue weighted by molar-refractivity contribution is -0.146. The van der Waals surface area contributed by atoms with Crippen LogP contribution in [0.4, 0.5) is 10.1 Å². The average Bonchev–Trinajstić information content (AvgIpc) is 2.59. The maximum Gasteiger partial charge on any atom is 0.316 e. The number of hydrogen-bond acceptors (Lipinski definition) is 6. The van der Waals surface area contributed by atoms with E-state index in [0.717, 1.165) is 11.8 Å². The van der Waals surface area contributed by atoms with Crippen LogP contribution in [0.5, 0.6) is 0 Å². The van der Waals surface area contributed by atoms with E-state index < -0.39 is 30.2 Å². The molecule has 0 unspecified atom stereocenters. The summed E-state index contributed by atoms with van der Waals surface area (Å²) in [6.45, 7) is -0.699. The van der Waals surface area contributed by atoms with Crippen LogP contribution in [0.2, 0.25) is 0 Å². The molecule has 0 atom stereocenters. The maximum atomic E-state index is 13.4. The highest BCUT2D eigenvalue weighted by Gasteiger charge is 2.12. The van der Waals surface area contributed by atoms with Gasteiger partial charge in [0.2, 0.25) is 11.8 Å². The second-order valence-corrected chi connectivity index (χ2v) is 6.23. The lowest BCUT2D eigenvalue weighted by Crippen LogP contribution is -2.38. The van der Waals surface area contributed by atoms with Crippen molar-refractivity contribution in [3.8, 4) is 0 Å². The zero-order valence-corrected chi connectivity index (χ0v) is 15.2. The summed E-state index contributed by atoms with van der Waals surface area (Å²) in [6.07, 6.45) is 0. The van der Waals surface area contributed by atoms with Crippen LogP contribution in [-0.4, -0.2) is 67.3 Å². The molecule has 2 N–H and O–H groups in total. The third-order valence-electron chi connectivity index (χ3n) is 2.90. The van der Waals surface area contributed by atoms with Crippen molar-refractivity contribution in [1.82, 2.24) is 10.2 Å². The molecule has 0 heterocycles. The van der Waals surface area contributed by atoms with Crippen molar-refractivity contribution in [3.05, 3.63) is 30.1 Å². The number of carbonyl (C=O) groups is 4. The Morgan fingerprint density at radius 2 is 1.81 bits per heavy atom. The van der Waals surface area contributed by atoms with E-state index in [9.17, 15) is 23.6 Å². The molecule has 142 valence electrons. The molecule has 0 radical (unpaired) electrons. The topological polar surface area (TPSA) is 105 Å². The van der Waals surface area contributed by atoms with Crippen molar-refractivity contribution >= 4 is 41.1 Å². The zero-order valence-electron chi connectivity index (χ0n) is 14.4. The molecule has 0 saturated carbocycles. The molecule has 26 heavy (non-hydrogen) atoms. The average molecular weight is 385 g/mol. The predicted octanol–water partition coefficient (Wildman–Crippen LogP) is 0.245. The lowest BCUT2D eigenvalue weighted by Gasteiger charge is -2.11. The molecule has 0 aliphatic carbocycles. The number of nitrogens with zero attached hydrogens (tertiary/aromatic N) is 1. The Kier molecular flexibility index (Phi) is 9.13. The van der Waals surface area contributed by atoms with Crippen LogP contribution in [-0.2, 0) is 23.9 Å². The van der Waals surface area contributed by atoms with Crippen LogP contribution >= 0.6 is 11.8 Å². The number of benzene rings is 1. The van der Waals surface area contributed by atoms with Gasteiger partial charge in [0.25, 0.3) is 5.91 Å². The van der Waals surface area contributed by atoms with Gasteiger partial charge < -0.3 is 20.3 Å². The van der Waals surface area contributed by atoms with E-state index in [1.165, 1.54) is 23.1 Å². The molecular weight excluding hydrogens is 365 g/mol. The van der Waals surface area contributed by atoms with Gasteiger partial charge in [0.05, 0.1) is 23.7 Å². The number of rotatable bonds is 9. The molecule has 0 aliphatic rings. The fourth-order valence-corrected chi connectivity index (χ4v) is 2.16. The number of thioether (sulfide) groups is 1. The van der Waals surface area contributed by atoms with Gasteiger partial charge in [-0.2, -0.15) is 0 Å². The number of amides is 3. The number of nitrogens with one attached hydrogen (secondary N) is 2. The van der Waals surface area contributed by atoms with Crippen LogP contribution in [0.3, 0.4) is 0 Å². The molecule has 0 bridgehead atoms. The minimum atomic E-state index is -0.678. The molecule has 0 aliphatic heterocycles. The standard InChI is InChI=1S/C16H20FN3O5S/c1-20(2)15(23)7-18-13(21)8-25-16(24)10-26-9-14(22)19-12-6-4-3-5-11(12)17/h3-6H,7-10H2,1-2H3,(H,18,21)(H,19,22). The summed E-state index contributed by atoms with van der Waals surface area (Å²) in [5.74, 6) is -2.81. The first-order valence-electron chi connectivity index (χ1n) is 7.54. The zero-order chi connectivity index (χ0) is 19.5. The van der Waals surface area contributed by atoms with Crippen LogP contribution in [0.15, 0.2) is 24.3 Å². The van der Waals surface area contributed by atoms with E-state index in [-0.39, 0.29) is 29.6 Å². The molecule has 0 spiro atoms. The summed E-state index contributed by atoms with van der Waals surface area (Å²) in [6, 6.07) is 5.73. The van der Waals surface area contributed by atoms with E-state index in [1.807, 2.05) is 0 Å². The monoisotopic (exact) mass is 385 g/mol. The maximum absolute atomic E-state index is 13.4. The first kappa shape index (κ1) is 21.4. The summed E-state index contributed by atoms with van der Waals surface area (Å²) >= 11 is 0.967. The van der Waals surface area contributed by atoms with Gasteiger partial charge in [0.1, 0.15) is 5.82 Å². The first-order chi connectivity index (χ1) is 12.3. The van der Waals surface area contributed by atoms with Crippen molar-refractivity contribution in [2.24, 2.45) is 0 Å². The number of likely N-dealkylation sites (N-methyl/N-ethyl adjacent to an activating group) is 1. The molecule has 1 aromatic carbocycles. The van der Waals surface area contributed by atoms with E-state index in [1.54, 1.807) is 20.2 Å². The minimum absolute atomic E-state index is 0.0598. The lowest BCUT2D eigenvalue weighted by atomic mass is 10.3. The van der Waals surface area contributed by atoms with Gasteiger partial charge in [-0.1, -0.05) is 12.1 Å². The number of anilines is 1. The van der Waals surface area contributed by atoms with Crippen molar-refractivity contribution < 1.29 is 28.3 Å². The van der Waals surface area contributed by atoms with Gasteiger partial charge in [-0.15, -0.1) is 11.8 Å². The Balaban J connectivity index is 2.18. The summed E-state index contributed by atoms with van der Waals surface area (Å²) in [7, 11) is 3.10. The summed E-state index contributed by atoms with van der Waals surface area (Å²) < 4.78 is 18.1. The van der Waals surface area contributed by atoms with E-state index >= 15 is 0 Å². The van der Waals surface area contributed by atoms with Crippen molar-refractivity contribution in [3.63, 3.8) is 0 Å². The number of halogens is 1. The number of para-hydroxylation sites is 1. The van der Waals surface area contributed by atoms with Gasteiger partial charge in [-0.25, -0.2) is 4.39 Å². The Morgan fingerprint density at radius 1 is 1.12 bits per heavy atom. The third kappa shape index (κ3) is 8.47. The fourth-order valence-electron chi connectivity index (χ4n) is 1.55. The summed E-state index contributed by atoms with van der Waals surface area (Å²) in [5.41, 5.74) is 0.0598. The predicted molar refractivity (Wildman–Crippen MR) is 95.0 cm³/mol. The summed E-state index contributed by atoms with van der Waals surface area (Å²) in [5, 5.41) is 4.70. The molecule has 3 amide bonds. The normalized spacial score (nSPS) is 9.96. The molecule has 1 rings (SSSR count). The van der Waals surface area contributed by atoms with Gasteiger partial charge in [-0.05, 0) is 12.1 Å². The van der Waals surface area contributed by atoms with Crippen molar-refractivity contribution in [1.29, 1.82) is 0 Å². The van der Waals surface area contributed by atoms with E-state index in [0.29, 0.717) is 0 Å². The molecule has 0 aromatic heterocycles. The second-order valence-electron chi connectivity index (χ2n) is 5.25.